The lowest BCUT2D eigenvalue weighted by Gasteiger charge is -2.10. The monoisotopic (exact) mass is 306 g/mol. The van der Waals surface area contributed by atoms with E-state index in [2.05, 4.69) is 31.2 Å². The Balaban J connectivity index is 2.49. The zero-order chi connectivity index (χ0) is 12.1. The molecular weight excluding hydrogens is 292 g/mol. The summed E-state index contributed by atoms with van der Waals surface area (Å²) in [6, 6.07) is 0. The van der Waals surface area contributed by atoms with Crippen LogP contribution in [0.3, 0.4) is 0 Å². The van der Waals surface area contributed by atoms with Crippen molar-refractivity contribution in [3.05, 3.63) is 10.8 Å². The predicted octanol–water partition coefficient (Wildman–Crippen LogP) is 1.39. The van der Waals surface area contributed by atoms with Crippen LogP contribution in [0.5, 0.6) is 0 Å². The number of rotatable bonds is 5. The first-order chi connectivity index (χ1) is 7.52. The van der Waals surface area contributed by atoms with E-state index in [0.29, 0.717) is 22.7 Å². The summed E-state index contributed by atoms with van der Waals surface area (Å²) in [5, 5.41) is 3.30. The maximum absolute atomic E-state index is 11.1. The second-order valence-corrected chi connectivity index (χ2v) is 6.04. The lowest BCUT2D eigenvalue weighted by molar-refractivity contribution is 0.672. The molecule has 3 N–H and O–H groups in total. The van der Waals surface area contributed by atoms with Crippen molar-refractivity contribution in [2.45, 2.75) is 18.6 Å². The molecule has 0 aromatic carbocycles. The van der Waals surface area contributed by atoms with Gasteiger partial charge < -0.3 is 11.1 Å². The van der Waals surface area contributed by atoms with Gasteiger partial charge in [0.25, 0.3) is 0 Å². The Hall–Kier alpha value is -0.690. The first-order valence-corrected chi connectivity index (χ1v) is 7.26. The van der Waals surface area contributed by atoms with Crippen molar-refractivity contribution >= 4 is 38.4 Å². The van der Waals surface area contributed by atoms with Crippen molar-refractivity contribution in [3.8, 4) is 0 Å². The Morgan fingerprint density at radius 2 is 2.31 bits per heavy atom. The standard InChI is InChI=1S/C9H15BrN4OS/c1-6(16(2)15)3-4-12-9-7(10)8(11)13-5-14-9/h5-6H,3-4H2,1-2H3,(H3,11,12,13,14). The minimum atomic E-state index is -0.787. The number of nitrogens with two attached hydrogens (primary N) is 1. The van der Waals surface area contributed by atoms with Gasteiger partial charge in [0, 0.05) is 28.9 Å². The molecule has 0 saturated carbocycles. The fourth-order valence-corrected chi connectivity index (χ4v) is 1.86. The second kappa shape index (κ2) is 6.15. The molecule has 1 aromatic heterocycles. The number of anilines is 2. The van der Waals surface area contributed by atoms with Gasteiger partial charge in [0.15, 0.2) is 0 Å². The fraction of sp³-hybridized carbons (Fsp3) is 0.556. The third-order valence-electron chi connectivity index (χ3n) is 2.23. The number of halogens is 1. The van der Waals surface area contributed by atoms with Crippen molar-refractivity contribution in [1.29, 1.82) is 0 Å². The number of nitrogens with one attached hydrogen (secondary N) is 1. The van der Waals surface area contributed by atoms with Gasteiger partial charge in [-0.3, -0.25) is 4.21 Å². The van der Waals surface area contributed by atoms with Crippen LogP contribution in [0, 0.1) is 0 Å². The van der Waals surface area contributed by atoms with Crippen LogP contribution in [-0.2, 0) is 10.8 Å². The lowest BCUT2D eigenvalue weighted by atomic mass is 10.3. The van der Waals surface area contributed by atoms with Crippen LogP contribution in [0.1, 0.15) is 13.3 Å². The van der Waals surface area contributed by atoms with E-state index >= 15 is 0 Å². The lowest BCUT2D eigenvalue weighted by Crippen LogP contribution is -2.15. The van der Waals surface area contributed by atoms with Gasteiger partial charge >= 0.3 is 0 Å². The molecule has 0 bridgehead atoms. The summed E-state index contributed by atoms with van der Waals surface area (Å²) in [5.41, 5.74) is 5.61. The summed E-state index contributed by atoms with van der Waals surface area (Å²) >= 11 is 3.30. The van der Waals surface area contributed by atoms with Crippen LogP contribution in [0.25, 0.3) is 0 Å². The van der Waals surface area contributed by atoms with Crippen LogP contribution in [0.2, 0.25) is 0 Å². The molecule has 0 spiro atoms. The second-order valence-electron chi connectivity index (χ2n) is 3.45. The van der Waals surface area contributed by atoms with E-state index in [1.54, 1.807) is 6.26 Å². The average Bonchev–Trinajstić information content (AvgIpc) is 2.24. The van der Waals surface area contributed by atoms with E-state index in [9.17, 15) is 4.21 Å². The number of aromatic nitrogens is 2. The SMILES string of the molecule is CC(CCNc1ncnc(N)c1Br)S(C)=O. The van der Waals surface area contributed by atoms with Gasteiger partial charge in [-0.15, -0.1) is 0 Å². The molecule has 0 aliphatic carbocycles. The zero-order valence-electron chi connectivity index (χ0n) is 9.24. The van der Waals surface area contributed by atoms with Crippen molar-refractivity contribution in [3.63, 3.8) is 0 Å². The number of hydrogen-bond acceptors (Lipinski definition) is 5. The number of nitrogens with zero attached hydrogens (tertiary/aromatic N) is 2. The van der Waals surface area contributed by atoms with Gasteiger partial charge in [-0.2, -0.15) is 0 Å². The van der Waals surface area contributed by atoms with Crippen molar-refractivity contribution in [1.82, 2.24) is 9.97 Å². The molecule has 0 aliphatic rings. The van der Waals surface area contributed by atoms with E-state index < -0.39 is 10.8 Å². The summed E-state index contributed by atoms with van der Waals surface area (Å²) in [6.07, 6.45) is 3.94. The first kappa shape index (κ1) is 13.4. The molecule has 2 atom stereocenters. The molecule has 5 nitrogen and oxygen atoms in total. The Morgan fingerprint density at radius 3 is 2.94 bits per heavy atom. The normalized spacial score (nSPS) is 14.4. The molecule has 2 unspecified atom stereocenters. The van der Waals surface area contributed by atoms with E-state index in [1.165, 1.54) is 6.33 Å². The Kier molecular flexibility index (Phi) is 5.14. The number of hydrogen-bond donors (Lipinski definition) is 2. The van der Waals surface area contributed by atoms with Gasteiger partial charge in [0.2, 0.25) is 0 Å². The molecule has 16 heavy (non-hydrogen) atoms. The third-order valence-corrected chi connectivity index (χ3v) is 4.38. The molecule has 1 rings (SSSR count). The average molecular weight is 307 g/mol. The van der Waals surface area contributed by atoms with Crippen LogP contribution in [-0.4, -0.2) is 32.2 Å². The topological polar surface area (TPSA) is 80.9 Å². The molecule has 0 radical (unpaired) electrons. The highest BCUT2D eigenvalue weighted by Crippen LogP contribution is 2.23. The van der Waals surface area contributed by atoms with E-state index in [4.69, 9.17) is 5.73 Å². The highest BCUT2D eigenvalue weighted by molar-refractivity contribution is 9.10. The Bertz CT molecular complexity index is 388. The van der Waals surface area contributed by atoms with Gasteiger partial charge in [-0.25, -0.2) is 9.97 Å². The Labute approximate surface area is 106 Å². The molecule has 1 heterocycles. The van der Waals surface area contributed by atoms with Crippen molar-refractivity contribution < 1.29 is 4.21 Å². The van der Waals surface area contributed by atoms with Gasteiger partial charge in [-0.1, -0.05) is 6.92 Å². The third kappa shape index (κ3) is 3.71. The highest BCUT2D eigenvalue weighted by atomic mass is 79.9. The van der Waals surface area contributed by atoms with Crippen LogP contribution < -0.4 is 11.1 Å². The maximum atomic E-state index is 11.1. The molecular formula is C9H15BrN4OS. The summed E-state index contributed by atoms with van der Waals surface area (Å²) < 4.78 is 11.8. The minimum absolute atomic E-state index is 0.172. The highest BCUT2D eigenvalue weighted by Gasteiger charge is 2.08. The molecule has 1 aromatic rings. The summed E-state index contributed by atoms with van der Waals surface area (Å²) in [4.78, 5) is 7.90. The smallest absolute Gasteiger partial charge is 0.145 e. The van der Waals surface area contributed by atoms with E-state index in [1.807, 2.05) is 6.92 Å². The molecule has 7 heteroatoms. The van der Waals surface area contributed by atoms with Gasteiger partial charge in [0.1, 0.15) is 22.4 Å². The molecule has 0 fully saturated rings. The molecule has 90 valence electrons. The molecule has 0 aliphatic heterocycles. The van der Waals surface area contributed by atoms with Gasteiger partial charge in [-0.05, 0) is 22.4 Å². The summed E-state index contributed by atoms with van der Waals surface area (Å²) in [7, 11) is -0.787. The maximum Gasteiger partial charge on any atom is 0.145 e. The van der Waals surface area contributed by atoms with E-state index in [-0.39, 0.29) is 5.25 Å². The fourth-order valence-electron chi connectivity index (χ4n) is 1.07. The largest absolute Gasteiger partial charge is 0.383 e. The van der Waals surface area contributed by atoms with Crippen molar-refractivity contribution in [2.24, 2.45) is 0 Å². The van der Waals surface area contributed by atoms with Gasteiger partial charge in [0.05, 0.1) is 0 Å². The van der Waals surface area contributed by atoms with Crippen LogP contribution >= 0.6 is 15.9 Å². The quantitative estimate of drug-likeness (QED) is 0.859. The zero-order valence-corrected chi connectivity index (χ0v) is 11.6. The first-order valence-electron chi connectivity index (χ1n) is 4.84. The van der Waals surface area contributed by atoms with Crippen LogP contribution in [0.4, 0.5) is 11.6 Å². The predicted molar refractivity (Wildman–Crippen MR) is 70.8 cm³/mol. The summed E-state index contributed by atoms with van der Waals surface area (Å²) in [5.74, 6) is 1.08. The van der Waals surface area contributed by atoms with Crippen molar-refractivity contribution in [2.75, 3.05) is 23.9 Å². The minimum Gasteiger partial charge on any atom is -0.383 e. The van der Waals surface area contributed by atoms with Crippen LogP contribution in [0.15, 0.2) is 10.8 Å². The summed E-state index contributed by atoms with van der Waals surface area (Å²) in [6.45, 7) is 2.66. The Morgan fingerprint density at radius 1 is 1.62 bits per heavy atom. The number of nitrogen functional groups attached to an aromatic ring is 1. The van der Waals surface area contributed by atoms with E-state index in [0.717, 1.165) is 6.42 Å². The molecule has 0 saturated heterocycles. The molecule has 0 amide bonds.